The maximum atomic E-state index is 12.6. The van der Waals surface area contributed by atoms with Crippen LogP contribution in [0.4, 0.5) is 17.6 Å². The molecule has 11 heteroatoms. The van der Waals surface area contributed by atoms with E-state index < -0.39 is 15.6 Å². The predicted molar refractivity (Wildman–Crippen MR) is 100 cm³/mol. The largest absolute Gasteiger partial charge is 0.741 e. The molecule has 2 aromatic carbocycles. The van der Waals surface area contributed by atoms with E-state index in [-0.39, 0.29) is 6.67 Å². The van der Waals surface area contributed by atoms with Crippen molar-refractivity contribution in [2.24, 2.45) is 0 Å². The van der Waals surface area contributed by atoms with Crippen LogP contribution in [0.2, 0.25) is 0 Å². The van der Waals surface area contributed by atoms with Crippen molar-refractivity contribution in [1.29, 1.82) is 0 Å². The monoisotopic (exact) mass is 451 g/mol. The van der Waals surface area contributed by atoms with Crippen molar-refractivity contribution in [3.05, 3.63) is 48.5 Å². The Morgan fingerprint density at radius 1 is 1.10 bits per heavy atom. The minimum absolute atomic E-state index is 0.292. The molecule has 0 aliphatic rings. The van der Waals surface area contributed by atoms with Crippen LogP contribution in [-0.4, -0.2) is 32.3 Å². The molecule has 1 heterocycles. The van der Waals surface area contributed by atoms with E-state index in [1.165, 1.54) is 10.2 Å². The van der Waals surface area contributed by atoms with Crippen LogP contribution in [0.25, 0.3) is 20.8 Å². The Balaban J connectivity index is 0.000000321. The fraction of sp³-hybridized carbons (Fsp3) is 0.278. The summed E-state index contributed by atoms with van der Waals surface area (Å²) in [5.41, 5.74) is -3.34. The summed E-state index contributed by atoms with van der Waals surface area (Å²) in [6.45, 7) is 0.404. The van der Waals surface area contributed by atoms with Crippen LogP contribution in [0.3, 0.4) is 0 Å². The second kappa shape index (κ2) is 9.51. The summed E-state index contributed by atoms with van der Waals surface area (Å²) in [7, 11) is -4.43. The number of ether oxygens (including phenoxy) is 1. The number of methoxy groups -OCH3 is 1. The van der Waals surface area contributed by atoms with Crippen LogP contribution in [-0.2, 0) is 16.7 Å². The molecule has 0 saturated carbocycles. The van der Waals surface area contributed by atoms with E-state index in [4.69, 9.17) is 17.7 Å². The highest BCUT2D eigenvalue weighted by Gasteiger charge is 2.36. The first kappa shape index (κ1) is 23.0. The Morgan fingerprint density at radius 2 is 1.69 bits per heavy atom. The molecule has 3 rings (SSSR count). The van der Waals surface area contributed by atoms with Gasteiger partial charge in [0.25, 0.3) is 5.01 Å². The molecule has 0 saturated heterocycles. The van der Waals surface area contributed by atoms with Gasteiger partial charge in [0.05, 0.1) is 19.3 Å². The zero-order valence-corrected chi connectivity index (χ0v) is 16.8. The lowest BCUT2D eigenvalue weighted by molar-refractivity contribution is -0.657. The summed E-state index contributed by atoms with van der Waals surface area (Å²) in [5.74, 6) is 0.843. The minimum atomic E-state index is -6.09. The summed E-state index contributed by atoms with van der Waals surface area (Å²) in [6, 6.07) is 16.3. The van der Waals surface area contributed by atoms with Crippen LogP contribution in [0.1, 0.15) is 6.42 Å². The van der Waals surface area contributed by atoms with E-state index in [1.54, 1.807) is 18.4 Å². The molecule has 0 amide bonds. The highest BCUT2D eigenvalue weighted by Crippen LogP contribution is 2.29. The fourth-order valence-corrected chi connectivity index (χ4v) is 3.61. The van der Waals surface area contributed by atoms with Crippen molar-refractivity contribution in [3.63, 3.8) is 0 Å². The highest BCUT2D eigenvalue weighted by molar-refractivity contribution is 7.86. The average molecular weight is 451 g/mol. The number of aryl methyl sites for hydroxylation is 1. The van der Waals surface area contributed by atoms with Gasteiger partial charge in [-0.1, -0.05) is 23.5 Å². The average Bonchev–Trinajstić information content (AvgIpc) is 3.04. The van der Waals surface area contributed by atoms with Crippen LogP contribution in [0.15, 0.2) is 48.5 Å². The summed E-state index contributed by atoms with van der Waals surface area (Å²) in [6.07, 6.45) is 0.536. The molecule has 0 aliphatic heterocycles. The molecule has 158 valence electrons. The molecule has 0 unspecified atom stereocenters. The van der Waals surface area contributed by atoms with E-state index in [1.807, 2.05) is 24.3 Å². The molecular weight excluding hydrogens is 434 g/mol. The number of aromatic nitrogens is 1. The number of hydrogen-bond donors (Lipinski definition) is 0. The van der Waals surface area contributed by atoms with Crippen LogP contribution >= 0.6 is 11.3 Å². The van der Waals surface area contributed by atoms with E-state index >= 15 is 0 Å². The molecule has 0 radical (unpaired) electrons. The number of thiazole rings is 1. The van der Waals surface area contributed by atoms with E-state index in [0.717, 1.165) is 16.3 Å². The van der Waals surface area contributed by atoms with Crippen LogP contribution < -0.4 is 9.30 Å². The lowest BCUT2D eigenvalue weighted by Crippen LogP contribution is -2.34. The molecule has 0 fully saturated rings. The SMILES string of the molecule is COc1ccc(-c2sc3ccccc3[n+]2CCCF)cc1.O=S(=O)([O-])C(F)(F)F. The van der Waals surface area contributed by atoms with E-state index in [2.05, 4.69) is 28.8 Å². The number of halogens is 4. The molecule has 0 aliphatic carbocycles. The van der Waals surface area contributed by atoms with Gasteiger partial charge in [0, 0.05) is 12.5 Å². The lowest BCUT2D eigenvalue weighted by Gasteiger charge is -2.08. The maximum Gasteiger partial charge on any atom is 0.485 e. The summed E-state index contributed by atoms with van der Waals surface area (Å²) in [5, 5.41) is 1.16. The molecule has 0 N–H and O–H groups in total. The van der Waals surface area contributed by atoms with Gasteiger partial charge in [0.2, 0.25) is 5.52 Å². The van der Waals surface area contributed by atoms with Gasteiger partial charge in [0.1, 0.15) is 10.4 Å². The zero-order chi connectivity index (χ0) is 21.7. The van der Waals surface area contributed by atoms with Crippen molar-refractivity contribution in [1.82, 2.24) is 0 Å². The van der Waals surface area contributed by atoms with E-state index in [9.17, 15) is 17.6 Å². The molecular formula is C18H17F4NO4S2. The van der Waals surface area contributed by atoms with Crippen molar-refractivity contribution >= 4 is 31.7 Å². The fourth-order valence-electron chi connectivity index (χ4n) is 2.42. The number of rotatable bonds is 5. The number of para-hydroxylation sites is 1. The predicted octanol–water partition coefficient (Wildman–Crippen LogP) is 4.28. The Hall–Kier alpha value is -2.24. The van der Waals surface area contributed by atoms with Crippen molar-refractivity contribution in [3.8, 4) is 16.3 Å². The third kappa shape index (κ3) is 5.87. The molecule has 3 aromatic rings. The Bertz CT molecular complexity index is 1050. The quantitative estimate of drug-likeness (QED) is 0.251. The number of hydrogen-bond acceptors (Lipinski definition) is 5. The van der Waals surface area contributed by atoms with Crippen molar-refractivity contribution in [2.45, 2.75) is 18.5 Å². The van der Waals surface area contributed by atoms with Gasteiger partial charge in [-0.3, -0.25) is 4.39 Å². The minimum Gasteiger partial charge on any atom is -0.741 e. The molecule has 1 aromatic heterocycles. The Morgan fingerprint density at radius 3 is 2.21 bits per heavy atom. The zero-order valence-electron chi connectivity index (χ0n) is 15.1. The van der Waals surface area contributed by atoms with E-state index in [0.29, 0.717) is 13.0 Å². The summed E-state index contributed by atoms with van der Waals surface area (Å²) < 4.78 is 80.1. The van der Waals surface area contributed by atoms with Gasteiger partial charge in [-0.05, 0) is 30.3 Å². The van der Waals surface area contributed by atoms with Crippen molar-refractivity contribution < 1.29 is 39.8 Å². The Kier molecular flexibility index (Phi) is 7.55. The van der Waals surface area contributed by atoms with Crippen LogP contribution in [0, 0.1) is 0 Å². The first-order valence-electron chi connectivity index (χ1n) is 8.22. The highest BCUT2D eigenvalue weighted by atomic mass is 32.2. The van der Waals surface area contributed by atoms with Gasteiger partial charge < -0.3 is 9.29 Å². The van der Waals surface area contributed by atoms with Gasteiger partial charge in [0.15, 0.2) is 16.7 Å². The normalized spacial score (nSPS) is 11.8. The molecule has 0 bridgehead atoms. The molecule has 0 spiro atoms. The molecule has 0 atom stereocenters. The number of nitrogens with zero attached hydrogens (tertiary/aromatic N) is 1. The smallest absolute Gasteiger partial charge is 0.485 e. The van der Waals surface area contributed by atoms with Gasteiger partial charge >= 0.3 is 5.51 Å². The topological polar surface area (TPSA) is 70.3 Å². The van der Waals surface area contributed by atoms with Gasteiger partial charge in [-0.15, -0.1) is 0 Å². The third-order valence-electron chi connectivity index (χ3n) is 3.74. The summed E-state index contributed by atoms with van der Waals surface area (Å²) >= 11 is 1.74. The summed E-state index contributed by atoms with van der Waals surface area (Å²) in [4.78, 5) is 0. The molecule has 29 heavy (non-hydrogen) atoms. The van der Waals surface area contributed by atoms with Crippen molar-refractivity contribution in [2.75, 3.05) is 13.8 Å². The molecule has 5 nitrogen and oxygen atoms in total. The number of alkyl halides is 4. The second-order valence-electron chi connectivity index (χ2n) is 5.70. The standard InChI is InChI=1S/C17H17FNOS.CHF3O3S/c1-20-14-9-7-13(8-10-14)17-19(12-4-11-18)15-5-2-3-6-16(15)21-17;2-1(3,4)8(5,6)7/h2-3,5-10H,4,11-12H2,1H3;(H,5,6,7)/q+1;/p-1. The van der Waals surface area contributed by atoms with Crippen LogP contribution in [0.5, 0.6) is 5.75 Å². The number of benzene rings is 2. The first-order valence-corrected chi connectivity index (χ1v) is 10.4. The lowest BCUT2D eigenvalue weighted by atomic mass is 10.2. The van der Waals surface area contributed by atoms with Gasteiger partial charge in [-0.2, -0.15) is 17.7 Å². The third-order valence-corrected chi connectivity index (χ3v) is 5.53. The Labute approximate surface area is 168 Å². The maximum absolute atomic E-state index is 12.6. The number of fused-ring (bicyclic) bond motifs is 1. The van der Waals surface area contributed by atoms with Gasteiger partial charge in [-0.25, -0.2) is 8.42 Å². The second-order valence-corrected chi connectivity index (χ2v) is 8.10. The first-order chi connectivity index (χ1) is 13.6.